The fraction of sp³-hybridized carbons (Fsp3) is 0.500. The molecule has 3 N–H and O–H groups in total. The summed E-state index contributed by atoms with van der Waals surface area (Å²) < 4.78 is 5.30. The Balaban J connectivity index is 1.68. The van der Waals surface area contributed by atoms with Crippen LogP contribution in [-0.2, 0) is 4.79 Å². The van der Waals surface area contributed by atoms with E-state index in [9.17, 15) is 4.79 Å². The van der Waals surface area contributed by atoms with Crippen LogP contribution in [0.4, 0.5) is 0 Å². The second-order valence-corrected chi connectivity index (χ2v) is 6.86. The van der Waals surface area contributed by atoms with Crippen LogP contribution in [0.15, 0.2) is 34.9 Å². The van der Waals surface area contributed by atoms with E-state index in [1.165, 1.54) is 0 Å². The largest absolute Gasteiger partial charge is 0.346 e. The highest BCUT2D eigenvalue weighted by atomic mass is 16.5. The zero-order chi connectivity index (χ0) is 17.2. The van der Waals surface area contributed by atoms with E-state index >= 15 is 0 Å². The highest BCUT2D eigenvalue weighted by molar-refractivity contribution is 5.80. The molecule has 0 spiro atoms. The number of aromatic nitrogens is 2. The number of nitrogens with one attached hydrogen (secondary N) is 1. The van der Waals surface area contributed by atoms with Gasteiger partial charge in [-0.1, -0.05) is 36.2 Å². The van der Waals surface area contributed by atoms with Crippen LogP contribution in [-0.4, -0.2) is 21.6 Å². The molecule has 1 aliphatic rings. The fourth-order valence-electron chi connectivity index (χ4n) is 3.28. The summed E-state index contributed by atoms with van der Waals surface area (Å²) >= 11 is 0. The smallest absolute Gasteiger partial charge is 0.257 e. The lowest BCUT2D eigenvalue weighted by atomic mass is 9.74. The molecule has 0 saturated heterocycles. The normalized spacial score (nSPS) is 25.2. The Morgan fingerprint density at radius 3 is 2.83 bits per heavy atom. The molecule has 1 heterocycles. The standard InChI is InChI=1S/C18H24N4O2/c1-12(20-16(23)14-10-6-7-11-18(14,2)19)15-21-17(24-22-15)13-8-4-3-5-9-13/h3-5,8-9,12,14H,6-7,10-11,19H2,1-2H3,(H,20,23). The van der Waals surface area contributed by atoms with Crippen LogP contribution >= 0.6 is 0 Å². The zero-order valence-corrected chi connectivity index (χ0v) is 14.2. The van der Waals surface area contributed by atoms with E-state index in [0.29, 0.717) is 11.7 Å². The molecule has 1 amide bonds. The molecule has 1 aliphatic carbocycles. The predicted molar refractivity (Wildman–Crippen MR) is 90.8 cm³/mol. The van der Waals surface area contributed by atoms with E-state index in [1.54, 1.807) is 0 Å². The van der Waals surface area contributed by atoms with Gasteiger partial charge in [0.15, 0.2) is 5.82 Å². The van der Waals surface area contributed by atoms with Gasteiger partial charge in [0.1, 0.15) is 0 Å². The first-order valence-electron chi connectivity index (χ1n) is 8.45. The molecule has 3 rings (SSSR count). The van der Waals surface area contributed by atoms with Gasteiger partial charge in [0, 0.05) is 11.1 Å². The summed E-state index contributed by atoms with van der Waals surface area (Å²) in [5, 5.41) is 6.98. The third kappa shape index (κ3) is 3.48. The SMILES string of the molecule is CC(NC(=O)C1CCCCC1(C)N)c1noc(-c2ccccc2)n1. The van der Waals surface area contributed by atoms with Gasteiger partial charge in [-0.25, -0.2) is 0 Å². The molecule has 3 unspecified atom stereocenters. The number of carbonyl (C=O) groups is 1. The molecular weight excluding hydrogens is 304 g/mol. The van der Waals surface area contributed by atoms with Crippen molar-refractivity contribution >= 4 is 5.91 Å². The average molecular weight is 328 g/mol. The molecule has 1 aromatic heterocycles. The van der Waals surface area contributed by atoms with Gasteiger partial charge < -0.3 is 15.6 Å². The number of hydrogen-bond donors (Lipinski definition) is 2. The summed E-state index contributed by atoms with van der Waals surface area (Å²) in [4.78, 5) is 17.0. The number of nitrogens with two attached hydrogens (primary N) is 1. The van der Waals surface area contributed by atoms with E-state index in [1.807, 2.05) is 44.2 Å². The Bertz CT molecular complexity index is 696. The lowest BCUT2D eigenvalue weighted by Crippen LogP contribution is -2.53. The van der Waals surface area contributed by atoms with Gasteiger partial charge in [-0.3, -0.25) is 4.79 Å². The topological polar surface area (TPSA) is 94.0 Å². The molecule has 1 fully saturated rings. The number of amides is 1. The molecule has 0 aliphatic heterocycles. The van der Waals surface area contributed by atoms with Gasteiger partial charge in [0.2, 0.25) is 5.91 Å². The van der Waals surface area contributed by atoms with E-state index < -0.39 is 5.54 Å². The second-order valence-electron chi connectivity index (χ2n) is 6.86. The first-order valence-corrected chi connectivity index (χ1v) is 8.45. The second kappa shape index (κ2) is 6.73. The molecule has 3 atom stereocenters. The summed E-state index contributed by atoms with van der Waals surface area (Å²) in [7, 11) is 0. The molecule has 6 nitrogen and oxygen atoms in total. The fourth-order valence-corrected chi connectivity index (χ4v) is 3.28. The van der Waals surface area contributed by atoms with Crippen molar-refractivity contribution < 1.29 is 9.32 Å². The molecule has 2 aromatic rings. The Morgan fingerprint density at radius 2 is 2.12 bits per heavy atom. The molecule has 128 valence electrons. The predicted octanol–water partition coefficient (Wildman–Crippen LogP) is 2.82. The van der Waals surface area contributed by atoms with Crippen LogP contribution in [0.2, 0.25) is 0 Å². The number of benzene rings is 1. The Labute approximate surface area is 141 Å². The summed E-state index contributed by atoms with van der Waals surface area (Å²) in [6.45, 7) is 3.82. The molecule has 0 radical (unpaired) electrons. The van der Waals surface area contributed by atoms with E-state index in [-0.39, 0.29) is 17.9 Å². The van der Waals surface area contributed by atoms with Gasteiger partial charge in [-0.15, -0.1) is 0 Å². The van der Waals surface area contributed by atoms with Crippen LogP contribution < -0.4 is 11.1 Å². The molecule has 0 bridgehead atoms. The van der Waals surface area contributed by atoms with Crippen molar-refractivity contribution in [2.24, 2.45) is 11.7 Å². The maximum atomic E-state index is 12.6. The molecular formula is C18H24N4O2. The van der Waals surface area contributed by atoms with Crippen molar-refractivity contribution in [3.05, 3.63) is 36.2 Å². The minimum atomic E-state index is -0.450. The van der Waals surface area contributed by atoms with Crippen molar-refractivity contribution in [2.45, 2.75) is 51.1 Å². The third-order valence-electron chi connectivity index (χ3n) is 4.78. The molecule has 6 heteroatoms. The third-order valence-corrected chi connectivity index (χ3v) is 4.78. The van der Waals surface area contributed by atoms with Crippen molar-refractivity contribution in [1.82, 2.24) is 15.5 Å². The van der Waals surface area contributed by atoms with Crippen molar-refractivity contribution in [3.63, 3.8) is 0 Å². The highest BCUT2D eigenvalue weighted by Gasteiger charge is 2.38. The van der Waals surface area contributed by atoms with E-state index in [2.05, 4.69) is 15.5 Å². The molecule has 24 heavy (non-hydrogen) atoms. The minimum Gasteiger partial charge on any atom is -0.346 e. The number of hydrogen-bond acceptors (Lipinski definition) is 5. The lowest BCUT2D eigenvalue weighted by molar-refractivity contribution is -0.128. The monoisotopic (exact) mass is 328 g/mol. The number of carbonyl (C=O) groups excluding carboxylic acids is 1. The van der Waals surface area contributed by atoms with Crippen LogP contribution in [0.1, 0.15) is 51.4 Å². The average Bonchev–Trinajstić information content (AvgIpc) is 3.05. The van der Waals surface area contributed by atoms with Gasteiger partial charge >= 0.3 is 0 Å². The maximum absolute atomic E-state index is 12.6. The number of nitrogens with zero attached hydrogens (tertiary/aromatic N) is 2. The summed E-state index contributed by atoms with van der Waals surface area (Å²) in [6.07, 6.45) is 3.82. The van der Waals surface area contributed by atoms with Gasteiger partial charge in [0.25, 0.3) is 5.89 Å². The van der Waals surface area contributed by atoms with Crippen LogP contribution in [0, 0.1) is 5.92 Å². The number of rotatable bonds is 4. The summed E-state index contributed by atoms with van der Waals surface area (Å²) in [5.74, 6) is 0.720. The van der Waals surface area contributed by atoms with Gasteiger partial charge in [-0.2, -0.15) is 4.98 Å². The van der Waals surface area contributed by atoms with Gasteiger partial charge in [0.05, 0.1) is 12.0 Å². The van der Waals surface area contributed by atoms with Crippen molar-refractivity contribution in [1.29, 1.82) is 0 Å². The summed E-state index contributed by atoms with van der Waals surface area (Å²) in [5.41, 5.74) is 6.71. The highest BCUT2D eigenvalue weighted by Crippen LogP contribution is 2.32. The molecule has 1 aromatic carbocycles. The first-order chi connectivity index (χ1) is 11.5. The zero-order valence-electron chi connectivity index (χ0n) is 14.2. The maximum Gasteiger partial charge on any atom is 0.257 e. The quantitative estimate of drug-likeness (QED) is 0.900. The van der Waals surface area contributed by atoms with Gasteiger partial charge in [-0.05, 0) is 38.8 Å². The lowest BCUT2D eigenvalue weighted by Gasteiger charge is -2.37. The van der Waals surface area contributed by atoms with Crippen molar-refractivity contribution in [3.8, 4) is 11.5 Å². The van der Waals surface area contributed by atoms with Crippen molar-refractivity contribution in [2.75, 3.05) is 0 Å². The Morgan fingerprint density at radius 1 is 1.38 bits per heavy atom. The van der Waals surface area contributed by atoms with Crippen LogP contribution in [0.5, 0.6) is 0 Å². The van der Waals surface area contributed by atoms with E-state index in [0.717, 1.165) is 31.2 Å². The Kier molecular flexibility index (Phi) is 4.66. The van der Waals surface area contributed by atoms with Crippen LogP contribution in [0.3, 0.4) is 0 Å². The summed E-state index contributed by atoms with van der Waals surface area (Å²) in [6, 6.07) is 9.24. The van der Waals surface area contributed by atoms with E-state index in [4.69, 9.17) is 10.3 Å². The van der Waals surface area contributed by atoms with Crippen LogP contribution in [0.25, 0.3) is 11.5 Å². The molecule has 1 saturated carbocycles. The Hall–Kier alpha value is -2.21. The minimum absolute atomic E-state index is 0.0294. The first kappa shape index (κ1) is 16.6.